The van der Waals surface area contributed by atoms with Crippen molar-refractivity contribution in [3.05, 3.63) is 57.6 Å². The van der Waals surface area contributed by atoms with Crippen LogP contribution in [0, 0.1) is 0 Å². The summed E-state index contributed by atoms with van der Waals surface area (Å²) in [4.78, 5) is 26.6. The topological polar surface area (TPSA) is 70.7 Å². The Bertz CT molecular complexity index is 1100. The lowest BCUT2D eigenvalue weighted by atomic mass is 9.81. The van der Waals surface area contributed by atoms with Gasteiger partial charge < -0.3 is 20.3 Å². The number of ether oxygens (including phenoxy) is 1. The standard InChI is InChI=1S/C24H27Cl2N3O3/c1-22(2,3)32-21(31)29-12-24(13-29,16-7-6-8-17(25)19(16)26)28-14-9-10-15-18(11-14)27-20(30)23(15,4)5/h6-11,28H,12-13H2,1-5H3,(H,27,30). The van der Waals surface area contributed by atoms with Gasteiger partial charge in [-0.05, 0) is 58.4 Å². The van der Waals surface area contributed by atoms with Crippen LogP contribution in [0.4, 0.5) is 16.2 Å². The van der Waals surface area contributed by atoms with Gasteiger partial charge in [0.25, 0.3) is 0 Å². The second kappa shape index (κ2) is 7.56. The molecule has 2 heterocycles. The summed E-state index contributed by atoms with van der Waals surface area (Å²) in [5.74, 6) is -0.0306. The number of likely N-dealkylation sites (tertiary alicyclic amines) is 1. The molecule has 1 saturated heterocycles. The maximum Gasteiger partial charge on any atom is 0.410 e. The van der Waals surface area contributed by atoms with Crippen molar-refractivity contribution in [2.75, 3.05) is 23.7 Å². The molecule has 2 aliphatic heterocycles. The summed E-state index contributed by atoms with van der Waals surface area (Å²) in [7, 11) is 0. The number of fused-ring (bicyclic) bond motifs is 1. The van der Waals surface area contributed by atoms with Crippen molar-refractivity contribution in [2.24, 2.45) is 0 Å². The molecule has 0 radical (unpaired) electrons. The van der Waals surface area contributed by atoms with Gasteiger partial charge in [-0.25, -0.2) is 4.79 Å². The largest absolute Gasteiger partial charge is 0.444 e. The Kier molecular flexibility index (Phi) is 5.37. The minimum atomic E-state index is -0.648. The second-order valence-corrected chi connectivity index (χ2v) is 10.8. The second-order valence-electron chi connectivity index (χ2n) is 9.98. The highest BCUT2D eigenvalue weighted by Crippen LogP contribution is 2.44. The van der Waals surface area contributed by atoms with Gasteiger partial charge in [-0.2, -0.15) is 0 Å². The van der Waals surface area contributed by atoms with Crippen molar-refractivity contribution in [3.8, 4) is 0 Å². The third-order valence-corrected chi connectivity index (χ3v) is 6.75. The van der Waals surface area contributed by atoms with E-state index in [0.717, 1.165) is 22.5 Å². The molecule has 0 spiro atoms. The molecule has 32 heavy (non-hydrogen) atoms. The predicted molar refractivity (Wildman–Crippen MR) is 128 cm³/mol. The van der Waals surface area contributed by atoms with Gasteiger partial charge in [-0.3, -0.25) is 4.79 Å². The smallest absolute Gasteiger partial charge is 0.410 e. The molecule has 6 nitrogen and oxygen atoms in total. The Morgan fingerprint density at radius 3 is 2.47 bits per heavy atom. The summed E-state index contributed by atoms with van der Waals surface area (Å²) in [6.07, 6.45) is -0.379. The number of carbonyl (C=O) groups excluding carboxylic acids is 2. The van der Waals surface area contributed by atoms with E-state index in [2.05, 4.69) is 10.6 Å². The fraction of sp³-hybridized carbons (Fsp3) is 0.417. The van der Waals surface area contributed by atoms with E-state index in [9.17, 15) is 9.59 Å². The monoisotopic (exact) mass is 475 g/mol. The van der Waals surface area contributed by atoms with Crippen molar-refractivity contribution in [3.63, 3.8) is 0 Å². The van der Waals surface area contributed by atoms with Crippen LogP contribution < -0.4 is 10.6 Å². The van der Waals surface area contributed by atoms with Crippen LogP contribution in [0.3, 0.4) is 0 Å². The van der Waals surface area contributed by atoms with Gasteiger partial charge in [0.15, 0.2) is 0 Å². The van der Waals surface area contributed by atoms with Crippen LogP contribution in [0.1, 0.15) is 45.7 Å². The number of benzene rings is 2. The van der Waals surface area contributed by atoms with Crippen molar-refractivity contribution in [1.29, 1.82) is 0 Å². The van der Waals surface area contributed by atoms with Gasteiger partial charge in [0.2, 0.25) is 5.91 Å². The molecule has 8 heteroatoms. The van der Waals surface area contributed by atoms with Crippen molar-refractivity contribution < 1.29 is 14.3 Å². The maximum absolute atomic E-state index is 12.6. The summed E-state index contributed by atoms with van der Waals surface area (Å²) < 4.78 is 5.52. The van der Waals surface area contributed by atoms with E-state index in [1.54, 1.807) is 11.0 Å². The van der Waals surface area contributed by atoms with Crippen LogP contribution in [0.2, 0.25) is 10.0 Å². The van der Waals surface area contributed by atoms with Crippen LogP contribution >= 0.6 is 23.2 Å². The molecule has 170 valence electrons. The van der Waals surface area contributed by atoms with Gasteiger partial charge in [-0.15, -0.1) is 0 Å². The molecule has 2 N–H and O–H groups in total. The van der Waals surface area contributed by atoms with Gasteiger partial charge in [0, 0.05) is 16.9 Å². The molecular weight excluding hydrogens is 449 g/mol. The summed E-state index contributed by atoms with van der Waals surface area (Å²) in [5, 5.41) is 7.40. The Hall–Kier alpha value is -2.44. The lowest BCUT2D eigenvalue weighted by Gasteiger charge is -2.51. The highest BCUT2D eigenvalue weighted by atomic mass is 35.5. The molecule has 0 saturated carbocycles. The van der Waals surface area contributed by atoms with Crippen LogP contribution in [0.15, 0.2) is 36.4 Å². The molecule has 0 aliphatic carbocycles. The first-order chi connectivity index (χ1) is 14.8. The van der Waals surface area contributed by atoms with Crippen LogP contribution in [0.25, 0.3) is 0 Å². The number of amides is 2. The number of nitrogens with zero attached hydrogens (tertiary/aromatic N) is 1. The number of carbonyl (C=O) groups is 2. The van der Waals surface area contributed by atoms with Gasteiger partial charge in [-0.1, -0.05) is 41.4 Å². The predicted octanol–water partition coefficient (Wildman–Crippen LogP) is 5.78. The number of anilines is 2. The van der Waals surface area contributed by atoms with Crippen LogP contribution in [-0.2, 0) is 20.5 Å². The van der Waals surface area contributed by atoms with Gasteiger partial charge in [0.1, 0.15) is 5.60 Å². The quantitative estimate of drug-likeness (QED) is 0.589. The fourth-order valence-corrected chi connectivity index (χ4v) is 4.68. The molecule has 0 atom stereocenters. The average Bonchev–Trinajstić information content (AvgIpc) is 2.87. The molecule has 2 aliphatic rings. The highest BCUT2D eigenvalue weighted by molar-refractivity contribution is 6.42. The zero-order valence-electron chi connectivity index (χ0n) is 18.8. The minimum absolute atomic E-state index is 0.0306. The lowest BCUT2D eigenvalue weighted by molar-refractivity contribution is -0.119. The summed E-state index contributed by atoms with van der Waals surface area (Å²) in [6, 6.07) is 11.3. The van der Waals surface area contributed by atoms with E-state index in [1.807, 2.05) is 65.0 Å². The van der Waals surface area contributed by atoms with E-state index >= 15 is 0 Å². The van der Waals surface area contributed by atoms with E-state index in [4.69, 9.17) is 27.9 Å². The van der Waals surface area contributed by atoms with E-state index in [0.29, 0.717) is 23.1 Å². The zero-order valence-corrected chi connectivity index (χ0v) is 20.3. The van der Waals surface area contributed by atoms with Crippen molar-refractivity contribution in [2.45, 2.75) is 51.2 Å². The number of hydrogen-bond acceptors (Lipinski definition) is 4. The Labute approximate surface area is 198 Å². The number of halogens is 2. The molecule has 2 aromatic carbocycles. The summed E-state index contributed by atoms with van der Waals surface area (Å²) in [6.45, 7) is 10.0. The molecular formula is C24H27Cl2N3O3. The first-order valence-corrected chi connectivity index (χ1v) is 11.2. The van der Waals surface area contributed by atoms with E-state index in [-0.39, 0.29) is 12.0 Å². The SMILES string of the molecule is CC(C)(C)OC(=O)N1CC(Nc2ccc3c(c2)NC(=O)C3(C)C)(c2cccc(Cl)c2Cl)C1. The van der Waals surface area contributed by atoms with Gasteiger partial charge >= 0.3 is 6.09 Å². The first-order valence-electron chi connectivity index (χ1n) is 10.5. The van der Waals surface area contributed by atoms with Crippen LogP contribution in [-0.4, -0.2) is 35.6 Å². The average molecular weight is 476 g/mol. The third kappa shape index (κ3) is 3.90. The number of nitrogens with one attached hydrogen (secondary N) is 2. The van der Waals surface area contributed by atoms with E-state index in [1.165, 1.54) is 0 Å². The van der Waals surface area contributed by atoms with Crippen molar-refractivity contribution >= 4 is 46.6 Å². The molecule has 2 amide bonds. The highest BCUT2D eigenvalue weighted by Gasteiger charge is 2.49. The number of rotatable bonds is 3. The summed E-state index contributed by atoms with van der Waals surface area (Å²) in [5.41, 5.74) is 1.53. The van der Waals surface area contributed by atoms with Crippen molar-refractivity contribution in [1.82, 2.24) is 4.90 Å². The normalized spacial score (nSPS) is 18.5. The molecule has 0 bridgehead atoms. The Balaban J connectivity index is 1.65. The summed E-state index contributed by atoms with van der Waals surface area (Å²) >= 11 is 12.9. The zero-order chi connectivity index (χ0) is 23.5. The fourth-order valence-electron chi connectivity index (χ4n) is 4.20. The minimum Gasteiger partial charge on any atom is -0.444 e. The first kappa shape index (κ1) is 22.7. The molecule has 1 fully saturated rings. The molecule has 2 aromatic rings. The maximum atomic E-state index is 12.6. The molecule has 4 rings (SSSR count). The van der Waals surface area contributed by atoms with Gasteiger partial charge in [0.05, 0.1) is 34.1 Å². The third-order valence-electron chi connectivity index (χ3n) is 5.93. The molecule has 0 unspecified atom stereocenters. The molecule has 0 aromatic heterocycles. The van der Waals surface area contributed by atoms with Crippen LogP contribution in [0.5, 0.6) is 0 Å². The Morgan fingerprint density at radius 2 is 1.81 bits per heavy atom. The Morgan fingerprint density at radius 1 is 1.12 bits per heavy atom. The number of hydrogen-bond donors (Lipinski definition) is 2. The lowest BCUT2D eigenvalue weighted by Crippen LogP contribution is -2.65. The van der Waals surface area contributed by atoms with E-state index < -0.39 is 16.6 Å².